The number of unbranched alkanes of at least 4 members (excludes halogenated alkanes) is 1. The number of fused-ring (bicyclic) bond motifs is 1. The number of benzene rings is 1. The lowest BCUT2D eigenvalue weighted by molar-refractivity contribution is -0.119. The zero-order valence-corrected chi connectivity index (χ0v) is 16.3. The zero-order valence-electron chi connectivity index (χ0n) is 14.8. The molecule has 3 amide bonds. The van der Waals surface area contributed by atoms with Gasteiger partial charge < -0.3 is 20.1 Å². The molecule has 1 aromatic carbocycles. The van der Waals surface area contributed by atoms with Gasteiger partial charge in [0.05, 0.1) is 0 Å². The van der Waals surface area contributed by atoms with Crippen LogP contribution in [0.3, 0.4) is 0 Å². The van der Waals surface area contributed by atoms with Crippen molar-refractivity contribution >= 4 is 40.8 Å². The summed E-state index contributed by atoms with van der Waals surface area (Å²) in [5, 5.41) is 5.53. The first-order chi connectivity index (χ1) is 12.4. The molecule has 0 bridgehead atoms. The number of carbonyl (C=O) groups is 2. The van der Waals surface area contributed by atoms with Gasteiger partial charge in [0.15, 0.2) is 16.3 Å². The number of urea groups is 1. The molecule has 9 heteroatoms. The van der Waals surface area contributed by atoms with Crippen LogP contribution in [-0.2, 0) is 4.79 Å². The van der Waals surface area contributed by atoms with E-state index < -0.39 is 10.7 Å². The quantitative estimate of drug-likeness (QED) is 0.516. The lowest BCUT2D eigenvalue weighted by atomic mass is 10.2. The highest BCUT2D eigenvalue weighted by atomic mass is 35.5. The van der Waals surface area contributed by atoms with Crippen LogP contribution < -0.4 is 25.0 Å². The van der Waals surface area contributed by atoms with Crippen molar-refractivity contribution in [2.45, 2.75) is 37.6 Å². The Balaban J connectivity index is 1.96. The summed E-state index contributed by atoms with van der Waals surface area (Å²) in [4.78, 5) is 24.5. The Morgan fingerprint density at radius 1 is 1.19 bits per heavy atom. The number of halogens is 2. The molecule has 2 rings (SSSR count). The van der Waals surface area contributed by atoms with Gasteiger partial charge in [-0.3, -0.25) is 9.69 Å². The number of ether oxygens (including phenoxy) is 2. The Hall–Kier alpha value is -1.86. The predicted molar refractivity (Wildman–Crippen MR) is 101 cm³/mol. The molecule has 0 aliphatic carbocycles. The number of carbonyl (C=O) groups excluding carboxylic acids is 2. The molecule has 0 saturated carbocycles. The summed E-state index contributed by atoms with van der Waals surface area (Å²) in [5.41, 5.74) is 0.720. The van der Waals surface area contributed by atoms with E-state index in [9.17, 15) is 9.59 Å². The normalized spacial score (nSPS) is 12.4. The van der Waals surface area contributed by atoms with Crippen molar-refractivity contribution in [1.29, 1.82) is 0 Å². The second kappa shape index (κ2) is 9.73. The third-order valence-corrected chi connectivity index (χ3v) is 4.03. The minimum atomic E-state index is -1.07. The smallest absolute Gasteiger partial charge is 0.322 e. The highest BCUT2D eigenvalue weighted by Crippen LogP contribution is 2.35. The monoisotopic (exact) mass is 403 g/mol. The SMILES string of the molecule is CC(C)NC(=O)N(CCCCNC(=O)C(Cl)Cl)c1ccc2c(c1)OCO2. The summed E-state index contributed by atoms with van der Waals surface area (Å²) in [6, 6.07) is 5.22. The zero-order chi connectivity index (χ0) is 19.1. The molecule has 144 valence electrons. The van der Waals surface area contributed by atoms with Gasteiger partial charge in [0, 0.05) is 30.9 Å². The van der Waals surface area contributed by atoms with Crippen LogP contribution in [-0.4, -0.2) is 42.7 Å². The first-order valence-corrected chi connectivity index (χ1v) is 9.29. The topological polar surface area (TPSA) is 79.9 Å². The van der Waals surface area contributed by atoms with E-state index in [1.807, 2.05) is 19.9 Å². The number of hydrogen-bond acceptors (Lipinski definition) is 4. The number of alkyl halides is 2. The summed E-state index contributed by atoms with van der Waals surface area (Å²) in [5.74, 6) is 0.864. The van der Waals surface area contributed by atoms with E-state index in [2.05, 4.69) is 10.6 Å². The molecular weight excluding hydrogens is 381 g/mol. The first kappa shape index (κ1) is 20.5. The van der Waals surface area contributed by atoms with E-state index >= 15 is 0 Å². The van der Waals surface area contributed by atoms with Crippen LogP contribution in [0.4, 0.5) is 10.5 Å². The molecule has 1 heterocycles. The molecule has 0 atom stereocenters. The summed E-state index contributed by atoms with van der Waals surface area (Å²) < 4.78 is 10.7. The summed E-state index contributed by atoms with van der Waals surface area (Å²) >= 11 is 11.0. The van der Waals surface area contributed by atoms with Gasteiger partial charge in [-0.25, -0.2) is 4.79 Å². The number of nitrogens with zero attached hydrogens (tertiary/aromatic N) is 1. The second-order valence-electron chi connectivity index (χ2n) is 6.09. The maximum Gasteiger partial charge on any atom is 0.322 e. The van der Waals surface area contributed by atoms with Crippen LogP contribution in [0, 0.1) is 0 Å². The van der Waals surface area contributed by atoms with Crippen molar-refractivity contribution in [3.8, 4) is 11.5 Å². The average molecular weight is 404 g/mol. The minimum Gasteiger partial charge on any atom is -0.454 e. The second-order valence-corrected chi connectivity index (χ2v) is 7.19. The van der Waals surface area contributed by atoms with Crippen molar-refractivity contribution in [2.75, 3.05) is 24.8 Å². The highest BCUT2D eigenvalue weighted by molar-refractivity contribution is 6.53. The molecule has 0 aromatic heterocycles. The molecule has 2 N–H and O–H groups in total. The van der Waals surface area contributed by atoms with E-state index in [4.69, 9.17) is 32.7 Å². The Morgan fingerprint density at radius 3 is 2.62 bits per heavy atom. The third kappa shape index (κ3) is 5.85. The third-order valence-electron chi connectivity index (χ3n) is 3.63. The fraction of sp³-hybridized carbons (Fsp3) is 0.529. The summed E-state index contributed by atoms with van der Waals surface area (Å²) in [7, 11) is 0. The van der Waals surface area contributed by atoms with Crippen LogP contribution in [0.25, 0.3) is 0 Å². The first-order valence-electron chi connectivity index (χ1n) is 8.42. The van der Waals surface area contributed by atoms with E-state index in [0.29, 0.717) is 37.4 Å². The minimum absolute atomic E-state index is 0.0164. The lowest BCUT2D eigenvalue weighted by Crippen LogP contribution is -2.43. The van der Waals surface area contributed by atoms with E-state index in [1.165, 1.54) is 0 Å². The van der Waals surface area contributed by atoms with E-state index in [0.717, 1.165) is 5.69 Å². The Morgan fingerprint density at radius 2 is 1.92 bits per heavy atom. The fourth-order valence-corrected chi connectivity index (χ4v) is 2.56. The van der Waals surface area contributed by atoms with Crippen molar-refractivity contribution < 1.29 is 19.1 Å². The van der Waals surface area contributed by atoms with Crippen LogP contribution in [0.1, 0.15) is 26.7 Å². The molecule has 1 aliphatic heterocycles. The van der Waals surface area contributed by atoms with Crippen LogP contribution >= 0.6 is 23.2 Å². The molecule has 1 aromatic rings. The van der Waals surface area contributed by atoms with Gasteiger partial charge in [0.25, 0.3) is 5.91 Å². The molecule has 1 aliphatic rings. The van der Waals surface area contributed by atoms with Gasteiger partial charge in [0.1, 0.15) is 0 Å². The largest absolute Gasteiger partial charge is 0.454 e. The number of amides is 3. The van der Waals surface area contributed by atoms with Gasteiger partial charge >= 0.3 is 6.03 Å². The van der Waals surface area contributed by atoms with Gasteiger partial charge in [-0.15, -0.1) is 0 Å². The van der Waals surface area contributed by atoms with E-state index in [1.54, 1.807) is 17.0 Å². The maximum atomic E-state index is 12.6. The van der Waals surface area contributed by atoms with Crippen LogP contribution in [0.15, 0.2) is 18.2 Å². The number of rotatable bonds is 8. The lowest BCUT2D eigenvalue weighted by Gasteiger charge is -2.24. The Bertz CT molecular complexity index is 640. The maximum absolute atomic E-state index is 12.6. The summed E-state index contributed by atoms with van der Waals surface area (Å²) in [6.45, 7) is 4.91. The molecule has 0 unspecified atom stereocenters. The van der Waals surface area contributed by atoms with Gasteiger partial charge in [-0.05, 0) is 38.8 Å². The van der Waals surface area contributed by atoms with Gasteiger partial charge in [-0.1, -0.05) is 23.2 Å². The van der Waals surface area contributed by atoms with Crippen LogP contribution in [0.5, 0.6) is 11.5 Å². The Kier molecular flexibility index (Phi) is 7.66. The van der Waals surface area contributed by atoms with E-state index in [-0.39, 0.29) is 18.9 Å². The van der Waals surface area contributed by atoms with Gasteiger partial charge in [0.2, 0.25) is 6.79 Å². The van der Waals surface area contributed by atoms with Crippen molar-refractivity contribution in [2.24, 2.45) is 0 Å². The summed E-state index contributed by atoms with van der Waals surface area (Å²) in [6.07, 6.45) is 1.37. The van der Waals surface area contributed by atoms with Crippen molar-refractivity contribution in [1.82, 2.24) is 10.6 Å². The fourth-order valence-electron chi connectivity index (χ4n) is 2.41. The Labute approximate surface area is 162 Å². The number of nitrogens with one attached hydrogen (secondary N) is 2. The standard InChI is InChI=1S/C17H23Cl2N3O4/c1-11(2)21-17(24)22(8-4-3-7-20-16(23)15(18)19)12-5-6-13-14(9-12)26-10-25-13/h5-6,9,11,15H,3-4,7-8,10H2,1-2H3,(H,20,23)(H,21,24). The predicted octanol–water partition coefficient (Wildman–Crippen LogP) is 3.04. The average Bonchev–Trinajstić information content (AvgIpc) is 3.04. The molecule has 0 saturated heterocycles. The van der Waals surface area contributed by atoms with Crippen molar-refractivity contribution in [3.05, 3.63) is 18.2 Å². The molecule has 0 fully saturated rings. The number of hydrogen-bond donors (Lipinski definition) is 2. The van der Waals surface area contributed by atoms with Crippen molar-refractivity contribution in [3.63, 3.8) is 0 Å². The molecule has 0 radical (unpaired) electrons. The molecule has 7 nitrogen and oxygen atoms in total. The molecule has 26 heavy (non-hydrogen) atoms. The highest BCUT2D eigenvalue weighted by Gasteiger charge is 2.20. The van der Waals surface area contributed by atoms with Crippen LogP contribution in [0.2, 0.25) is 0 Å². The molecule has 0 spiro atoms. The molecular formula is C17H23Cl2N3O4. The number of anilines is 1. The van der Waals surface area contributed by atoms with Gasteiger partial charge in [-0.2, -0.15) is 0 Å².